The molecule has 26 heavy (non-hydrogen) atoms. The van der Waals surface area contributed by atoms with Gasteiger partial charge in [0.1, 0.15) is 5.82 Å². The lowest BCUT2D eigenvalue weighted by molar-refractivity contribution is 0.0410. The van der Waals surface area contributed by atoms with Crippen LogP contribution in [0.1, 0.15) is 30.1 Å². The molecule has 2 amide bonds. The van der Waals surface area contributed by atoms with E-state index < -0.39 is 0 Å². The third-order valence-corrected chi connectivity index (χ3v) is 5.26. The van der Waals surface area contributed by atoms with E-state index in [1.165, 1.54) is 5.56 Å². The number of hydrogen-bond donors (Lipinski definition) is 0. The molecule has 0 unspecified atom stereocenters. The Bertz CT molecular complexity index is 719. The second kappa shape index (κ2) is 7.86. The molecule has 2 saturated heterocycles. The van der Waals surface area contributed by atoms with Crippen LogP contribution in [0.5, 0.6) is 0 Å². The lowest BCUT2D eigenvalue weighted by Crippen LogP contribution is -2.50. The minimum Gasteiger partial charge on any atom is -0.378 e. The number of urea groups is 1. The summed E-state index contributed by atoms with van der Waals surface area (Å²) in [5, 5.41) is 0. The second-order valence-electron chi connectivity index (χ2n) is 6.91. The average Bonchev–Trinajstić information content (AvgIpc) is 3.17. The van der Waals surface area contributed by atoms with Crippen molar-refractivity contribution in [1.29, 1.82) is 0 Å². The normalized spacial score (nSPS) is 18.9. The molecule has 2 aliphatic heterocycles. The van der Waals surface area contributed by atoms with E-state index in [2.05, 4.69) is 14.5 Å². The van der Waals surface area contributed by atoms with Gasteiger partial charge in [-0.2, -0.15) is 0 Å². The van der Waals surface area contributed by atoms with Gasteiger partial charge in [0.25, 0.3) is 0 Å². The van der Waals surface area contributed by atoms with Crippen LogP contribution in [0.4, 0.5) is 4.79 Å². The quantitative estimate of drug-likeness (QED) is 0.844. The Labute approximate surface area is 153 Å². The van der Waals surface area contributed by atoms with Crippen LogP contribution in [0, 0.1) is 0 Å². The summed E-state index contributed by atoms with van der Waals surface area (Å²) in [6.45, 7) is 5.10. The van der Waals surface area contributed by atoms with Crippen molar-refractivity contribution in [2.75, 3.05) is 39.4 Å². The molecule has 4 rings (SSSR count). The summed E-state index contributed by atoms with van der Waals surface area (Å²) < 4.78 is 7.56. The van der Waals surface area contributed by atoms with Crippen LogP contribution in [0.2, 0.25) is 0 Å². The van der Waals surface area contributed by atoms with E-state index in [-0.39, 0.29) is 6.03 Å². The minimum atomic E-state index is 0.159. The number of amides is 2. The summed E-state index contributed by atoms with van der Waals surface area (Å²) in [6.07, 6.45) is 9.49. The number of carbonyl (C=O) groups excluding carboxylic acids is 1. The number of morpholine rings is 1. The molecule has 2 aromatic heterocycles. The summed E-state index contributed by atoms with van der Waals surface area (Å²) in [7, 11) is 0. The molecule has 0 N–H and O–H groups in total. The van der Waals surface area contributed by atoms with E-state index in [0.29, 0.717) is 32.2 Å². The van der Waals surface area contributed by atoms with Crippen LogP contribution in [-0.4, -0.2) is 69.8 Å². The molecule has 0 atom stereocenters. The predicted octanol–water partition coefficient (Wildman–Crippen LogP) is 1.96. The first-order chi connectivity index (χ1) is 12.8. The van der Waals surface area contributed by atoms with Gasteiger partial charge < -0.3 is 19.1 Å². The van der Waals surface area contributed by atoms with Crippen molar-refractivity contribution < 1.29 is 9.53 Å². The highest BCUT2D eigenvalue weighted by molar-refractivity contribution is 5.74. The Morgan fingerprint density at radius 1 is 1.04 bits per heavy atom. The van der Waals surface area contributed by atoms with Crippen LogP contribution in [-0.2, 0) is 11.3 Å². The fourth-order valence-electron chi connectivity index (χ4n) is 3.78. The van der Waals surface area contributed by atoms with E-state index in [1.807, 2.05) is 46.7 Å². The summed E-state index contributed by atoms with van der Waals surface area (Å²) >= 11 is 0. The van der Waals surface area contributed by atoms with Gasteiger partial charge in [-0.3, -0.25) is 4.98 Å². The molecule has 0 aliphatic carbocycles. The van der Waals surface area contributed by atoms with Gasteiger partial charge in [0.2, 0.25) is 0 Å². The number of ether oxygens (including phenoxy) is 1. The number of hydrogen-bond acceptors (Lipinski definition) is 4. The minimum absolute atomic E-state index is 0.159. The number of rotatable bonds is 3. The van der Waals surface area contributed by atoms with E-state index >= 15 is 0 Å². The molecule has 0 spiro atoms. The summed E-state index contributed by atoms with van der Waals surface area (Å²) in [5.74, 6) is 1.53. The zero-order valence-corrected chi connectivity index (χ0v) is 15.0. The van der Waals surface area contributed by atoms with Crippen molar-refractivity contribution >= 4 is 6.03 Å². The van der Waals surface area contributed by atoms with Crippen molar-refractivity contribution in [2.24, 2.45) is 0 Å². The smallest absolute Gasteiger partial charge is 0.320 e. The van der Waals surface area contributed by atoms with Crippen LogP contribution < -0.4 is 0 Å². The van der Waals surface area contributed by atoms with E-state index in [1.54, 1.807) is 0 Å². The van der Waals surface area contributed by atoms with Gasteiger partial charge in [-0.1, -0.05) is 0 Å². The Morgan fingerprint density at radius 2 is 1.73 bits per heavy atom. The molecule has 2 aliphatic rings. The first-order valence-corrected chi connectivity index (χ1v) is 9.33. The van der Waals surface area contributed by atoms with E-state index in [0.717, 1.165) is 38.3 Å². The average molecular weight is 355 g/mol. The molecule has 0 aromatic carbocycles. The topological polar surface area (TPSA) is 63.5 Å². The number of likely N-dealkylation sites (tertiary alicyclic amines) is 1. The van der Waals surface area contributed by atoms with Crippen LogP contribution in [0.3, 0.4) is 0 Å². The highest BCUT2D eigenvalue weighted by Crippen LogP contribution is 2.28. The largest absolute Gasteiger partial charge is 0.378 e. The Hall–Kier alpha value is -2.41. The van der Waals surface area contributed by atoms with Crippen LogP contribution in [0.15, 0.2) is 36.9 Å². The molecular formula is C19H25N5O2. The molecule has 0 radical (unpaired) electrons. The standard InChI is InChI=1S/C19H25N5O2/c25-19(23-11-13-26-14-12-23)22-8-3-17(4-9-22)18-21-7-10-24(18)15-16-1-5-20-6-2-16/h1-2,5-7,10,17H,3-4,8-9,11-15H2. The maximum atomic E-state index is 12.6. The molecule has 0 bridgehead atoms. The molecular weight excluding hydrogens is 330 g/mol. The monoisotopic (exact) mass is 355 g/mol. The van der Waals surface area contributed by atoms with Gasteiger partial charge in [-0.15, -0.1) is 0 Å². The van der Waals surface area contributed by atoms with Crippen molar-refractivity contribution in [2.45, 2.75) is 25.3 Å². The number of aromatic nitrogens is 3. The lowest BCUT2D eigenvalue weighted by atomic mass is 9.96. The van der Waals surface area contributed by atoms with Crippen molar-refractivity contribution in [3.8, 4) is 0 Å². The molecule has 4 heterocycles. The fourth-order valence-corrected chi connectivity index (χ4v) is 3.78. The van der Waals surface area contributed by atoms with E-state index in [4.69, 9.17) is 4.74 Å². The molecule has 2 aromatic rings. The van der Waals surface area contributed by atoms with Crippen molar-refractivity contribution in [3.05, 3.63) is 48.3 Å². The third kappa shape index (κ3) is 3.72. The maximum Gasteiger partial charge on any atom is 0.320 e. The van der Waals surface area contributed by atoms with E-state index in [9.17, 15) is 4.79 Å². The van der Waals surface area contributed by atoms with Crippen molar-refractivity contribution in [1.82, 2.24) is 24.3 Å². The maximum absolute atomic E-state index is 12.6. The third-order valence-electron chi connectivity index (χ3n) is 5.26. The predicted molar refractivity (Wildman–Crippen MR) is 96.9 cm³/mol. The van der Waals surface area contributed by atoms with Gasteiger partial charge in [0, 0.05) is 63.4 Å². The van der Waals surface area contributed by atoms with Gasteiger partial charge in [0.15, 0.2) is 0 Å². The van der Waals surface area contributed by atoms with Gasteiger partial charge in [0.05, 0.1) is 13.2 Å². The zero-order chi connectivity index (χ0) is 17.8. The number of imidazole rings is 1. The summed E-state index contributed by atoms with van der Waals surface area (Å²) in [6, 6.07) is 4.23. The highest BCUT2D eigenvalue weighted by Gasteiger charge is 2.29. The molecule has 7 nitrogen and oxygen atoms in total. The van der Waals surface area contributed by atoms with Crippen LogP contribution >= 0.6 is 0 Å². The lowest BCUT2D eigenvalue weighted by Gasteiger charge is -2.37. The summed E-state index contributed by atoms with van der Waals surface area (Å²) in [5.41, 5.74) is 1.22. The number of piperidine rings is 1. The molecule has 7 heteroatoms. The number of carbonyl (C=O) groups is 1. The molecule has 0 saturated carbocycles. The second-order valence-corrected chi connectivity index (χ2v) is 6.91. The van der Waals surface area contributed by atoms with Gasteiger partial charge >= 0.3 is 6.03 Å². The van der Waals surface area contributed by atoms with Crippen molar-refractivity contribution in [3.63, 3.8) is 0 Å². The van der Waals surface area contributed by atoms with Gasteiger partial charge in [-0.05, 0) is 30.5 Å². The Balaban J connectivity index is 1.36. The molecule has 138 valence electrons. The SMILES string of the molecule is O=C(N1CCOCC1)N1CCC(c2nccn2Cc2ccncc2)CC1. The van der Waals surface area contributed by atoms with Gasteiger partial charge in [-0.25, -0.2) is 9.78 Å². The fraction of sp³-hybridized carbons (Fsp3) is 0.526. The number of pyridine rings is 1. The van der Waals surface area contributed by atoms with Crippen LogP contribution in [0.25, 0.3) is 0 Å². The summed E-state index contributed by atoms with van der Waals surface area (Å²) in [4.78, 5) is 25.2. The Morgan fingerprint density at radius 3 is 2.46 bits per heavy atom. The first-order valence-electron chi connectivity index (χ1n) is 9.33. The highest BCUT2D eigenvalue weighted by atomic mass is 16.5. The zero-order valence-electron chi connectivity index (χ0n) is 15.0. The Kier molecular flexibility index (Phi) is 5.15. The number of nitrogens with zero attached hydrogens (tertiary/aromatic N) is 5. The first kappa shape index (κ1) is 17.0. The molecule has 2 fully saturated rings.